The third-order valence-corrected chi connectivity index (χ3v) is 2.22. The minimum Gasteiger partial charge on any atom is -0.391 e. The van der Waals surface area contributed by atoms with Crippen LogP contribution in [-0.2, 0) is 4.79 Å². The van der Waals surface area contributed by atoms with Gasteiger partial charge in [0, 0.05) is 18.9 Å². The van der Waals surface area contributed by atoms with Crippen molar-refractivity contribution in [3.8, 4) is 0 Å². The standard InChI is InChI=1S/C10H21NO2/c1-3-5-6-9(11)10(13)7-8(12)4-2/h9-10,13H,3-7,11H2,1-2H3. The largest absolute Gasteiger partial charge is 0.391 e. The van der Waals surface area contributed by atoms with Crippen LogP contribution < -0.4 is 5.73 Å². The number of carbonyl (C=O) groups excluding carboxylic acids is 1. The predicted molar refractivity (Wildman–Crippen MR) is 53.4 cm³/mol. The highest BCUT2D eigenvalue weighted by atomic mass is 16.3. The summed E-state index contributed by atoms with van der Waals surface area (Å²) in [6.07, 6.45) is 2.92. The number of aliphatic hydroxyl groups is 1. The molecule has 0 amide bonds. The van der Waals surface area contributed by atoms with Crippen molar-refractivity contribution in [2.45, 2.75) is 58.1 Å². The van der Waals surface area contributed by atoms with E-state index in [-0.39, 0.29) is 18.2 Å². The van der Waals surface area contributed by atoms with E-state index >= 15 is 0 Å². The van der Waals surface area contributed by atoms with Crippen LogP contribution in [0.15, 0.2) is 0 Å². The first-order valence-corrected chi connectivity index (χ1v) is 5.07. The van der Waals surface area contributed by atoms with Crippen LogP contribution in [0.5, 0.6) is 0 Å². The Labute approximate surface area is 80.3 Å². The zero-order valence-electron chi connectivity index (χ0n) is 8.62. The lowest BCUT2D eigenvalue weighted by Gasteiger charge is -2.17. The van der Waals surface area contributed by atoms with Gasteiger partial charge in [0.2, 0.25) is 0 Å². The van der Waals surface area contributed by atoms with E-state index in [2.05, 4.69) is 6.92 Å². The van der Waals surface area contributed by atoms with Crippen LogP contribution in [-0.4, -0.2) is 23.0 Å². The molecule has 0 radical (unpaired) electrons. The highest BCUT2D eigenvalue weighted by molar-refractivity contribution is 5.78. The third-order valence-electron chi connectivity index (χ3n) is 2.22. The molecule has 3 nitrogen and oxygen atoms in total. The fourth-order valence-corrected chi connectivity index (χ4v) is 1.16. The van der Waals surface area contributed by atoms with Crippen molar-refractivity contribution in [2.75, 3.05) is 0 Å². The van der Waals surface area contributed by atoms with E-state index in [9.17, 15) is 9.90 Å². The summed E-state index contributed by atoms with van der Waals surface area (Å²) in [6, 6.07) is -0.240. The Kier molecular flexibility index (Phi) is 6.82. The summed E-state index contributed by atoms with van der Waals surface area (Å²) in [4.78, 5) is 11.0. The van der Waals surface area contributed by atoms with Gasteiger partial charge in [-0.2, -0.15) is 0 Å². The quantitative estimate of drug-likeness (QED) is 0.630. The lowest BCUT2D eigenvalue weighted by Crippen LogP contribution is -2.36. The van der Waals surface area contributed by atoms with Crippen LogP contribution in [0.3, 0.4) is 0 Å². The molecule has 0 heterocycles. The number of nitrogens with two attached hydrogens (primary N) is 1. The van der Waals surface area contributed by atoms with Crippen LogP contribution in [0.25, 0.3) is 0 Å². The zero-order valence-corrected chi connectivity index (χ0v) is 8.62. The van der Waals surface area contributed by atoms with Crippen molar-refractivity contribution < 1.29 is 9.90 Å². The molecule has 3 N–H and O–H groups in total. The molecule has 0 fully saturated rings. The highest BCUT2D eigenvalue weighted by Crippen LogP contribution is 2.06. The number of Topliss-reactive ketones (excluding diaryl/α,β-unsaturated/α-hetero) is 1. The lowest BCUT2D eigenvalue weighted by molar-refractivity contribution is -0.120. The van der Waals surface area contributed by atoms with Gasteiger partial charge in [0.1, 0.15) is 5.78 Å². The van der Waals surface area contributed by atoms with Crippen molar-refractivity contribution in [3.63, 3.8) is 0 Å². The Hall–Kier alpha value is -0.410. The summed E-state index contributed by atoms with van der Waals surface area (Å²) >= 11 is 0. The molecule has 0 aromatic carbocycles. The Bertz CT molecular complexity index is 148. The predicted octanol–water partition coefficient (Wildman–Crippen LogP) is 1.23. The summed E-state index contributed by atoms with van der Waals surface area (Å²) in [5.74, 6) is 0.0828. The van der Waals surface area contributed by atoms with Gasteiger partial charge in [-0.1, -0.05) is 26.7 Å². The molecule has 0 saturated heterocycles. The molecule has 0 aromatic rings. The number of aliphatic hydroxyl groups excluding tert-OH is 1. The average Bonchev–Trinajstić information content (AvgIpc) is 2.13. The highest BCUT2D eigenvalue weighted by Gasteiger charge is 2.16. The fraction of sp³-hybridized carbons (Fsp3) is 0.900. The average molecular weight is 187 g/mol. The van der Waals surface area contributed by atoms with Gasteiger partial charge in [-0.15, -0.1) is 0 Å². The first-order valence-electron chi connectivity index (χ1n) is 5.07. The van der Waals surface area contributed by atoms with Gasteiger partial charge in [0.05, 0.1) is 6.10 Å². The molecular formula is C10H21NO2. The molecule has 0 aromatic heterocycles. The monoisotopic (exact) mass is 187 g/mol. The molecule has 0 bridgehead atoms. The first kappa shape index (κ1) is 12.6. The maximum Gasteiger partial charge on any atom is 0.135 e. The summed E-state index contributed by atoms with van der Waals surface area (Å²) in [6.45, 7) is 3.88. The first-order chi connectivity index (χ1) is 6.11. The number of carbonyl (C=O) groups is 1. The Morgan fingerprint density at radius 2 is 2.08 bits per heavy atom. The topological polar surface area (TPSA) is 63.3 Å². The maximum atomic E-state index is 11.0. The van der Waals surface area contributed by atoms with Gasteiger partial charge in [0.15, 0.2) is 0 Å². The lowest BCUT2D eigenvalue weighted by atomic mass is 10.0. The van der Waals surface area contributed by atoms with Gasteiger partial charge in [0.25, 0.3) is 0 Å². The zero-order chi connectivity index (χ0) is 10.3. The second-order valence-electron chi connectivity index (χ2n) is 3.47. The molecule has 3 heteroatoms. The molecule has 78 valence electrons. The normalized spacial score (nSPS) is 15.4. The van der Waals surface area contributed by atoms with Crippen molar-refractivity contribution in [1.29, 1.82) is 0 Å². The van der Waals surface area contributed by atoms with E-state index in [4.69, 9.17) is 5.73 Å². The SMILES string of the molecule is CCCCC(N)C(O)CC(=O)CC. The van der Waals surface area contributed by atoms with Crippen LogP contribution in [0, 0.1) is 0 Å². The summed E-state index contributed by atoms with van der Waals surface area (Å²) in [7, 11) is 0. The number of hydrogen-bond donors (Lipinski definition) is 2. The maximum absolute atomic E-state index is 11.0. The molecular weight excluding hydrogens is 166 g/mol. The molecule has 2 atom stereocenters. The van der Waals surface area contributed by atoms with E-state index in [1.807, 2.05) is 0 Å². The smallest absolute Gasteiger partial charge is 0.135 e. The molecule has 2 unspecified atom stereocenters. The van der Waals surface area contributed by atoms with Crippen LogP contribution >= 0.6 is 0 Å². The third kappa shape index (κ3) is 5.77. The molecule has 0 spiro atoms. The van der Waals surface area contributed by atoms with Crippen LogP contribution in [0.4, 0.5) is 0 Å². The van der Waals surface area contributed by atoms with Crippen LogP contribution in [0.1, 0.15) is 46.0 Å². The molecule has 13 heavy (non-hydrogen) atoms. The number of unbranched alkanes of at least 4 members (excludes halogenated alkanes) is 1. The second kappa shape index (κ2) is 7.04. The van der Waals surface area contributed by atoms with Gasteiger partial charge in [-0.05, 0) is 6.42 Å². The van der Waals surface area contributed by atoms with E-state index in [0.717, 1.165) is 19.3 Å². The summed E-state index contributed by atoms with van der Waals surface area (Å²) < 4.78 is 0. The van der Waals surface area contributed by atoms with Crippen molar-refractivity contribution >= 4 is 5.78 Å². The van der Waals surface area contributed by atoms with E-state index in [1.165, 1.54) is 0 Å². The van der Waals surface area contributed by atoms with Crippen LogP contribution in [0.2, 0.25) is 0 Å². The van der Waals surface area contributed by atoms with E-state index in [0.29, 0.717) is 6.42 Å². The Morgan fingerprint density at radius 3 is 2.54 bits per heavy atom. The van der Waals surface area contributed by atoms with Crippen molar-refractivity contribution in [3.05, 3.63) is 0 Å². The van der Waals surface area contributed by atoms with E-state index < -0.39 is 6.10 Å². The minimum absolute atomic E-state index is 0.0828. The Morgan fingerprint density at radius 1 is 1.46 bits per heavy atom. The molecule has 0 aliphatic carbocycles. The summed E-state index contributed by atoms with van der Waals surface area (Å²) in [5, 5.41) is 9.50. The van der Waals surface area contributed by atoms with Crippen molar-refractivity contribution in [1.82, 2.24) is 0 Å². The van der Waals surface area contributed by atoms with Gasteiger partial charge in [-0.3, -0.25) is 4.79 Å². The fourth-order valence-electron chi connectivity index (χ4n) is 1.16. The van der Waals surface area contributed by atoms with Gasteiger partial charge < -0.3 is 10.8 Å². The molecule has 0 aliphatic heterocycles. The van der Waals surface area contributed by atoms with Gasteiger partial charge >= 0.3 is 0 Å². The van der Waals surface area contributed by atoms with Gasteiger partial charge in [-0.25, -0.2) is 0 Å². The number of ketones is 1. The molecule has 0 rings (SSSR count). The summed E-state index contributed by atoms with van der Waals surface area (Å²) in [5.41, 5.74) is 5.70. The number of hydrogen-bond acceptors (Lipinski definition) is 3. The minimum atomic E-state index is -0.654. The van der Waals surface area contributed by atoms with Crippen molar-refractivity contribution in [2.24, 2.45) is 5.73 Å². The van der Waals surface area contributed by atoms with E-state index in [1.54, 1.807) is 6.92 Å². The second-order valence-corrected chi connectivity index (χ2v) is 3.47. The molecule has 0 aliphatic rings. The molecule has 0 saturated carbocycles. The number of rotatable bonds is 7. The Balaban J connectivity index is 3.68.